The van der Waals surface area contributed by atoms with Crippen molar-refractivity contribution in [2.24, 2.45) is 0 Å². The lowest BCUT2D eigenvalue weighted by molar-refractivity contribution is -0.123. The van der Waals surface area contributed by atoms with Crippen molar-refractivity contribution in [3.05, 3.63) is 72.4 Å². The zero-order chi connectivity index (χ0) is 18.5. The summed E-state index contributed by atoms with van der Waals surface area (Å²) in [4.78, 5) is 12.8. The molecule has 9 nitrogen and oxygen atoms in total. The number of carbonyl (C=O) groups is 1. The molecule has 3 heterocycles. The first-order chi connectivity index (χ1) is 13.3. The van der Waals surface area contributed by atoms with E-state index in [-0.39, 0.29) is 5.91 Å². The molecule has 0 aliphatic rings. The Kier molecular flexibility index (Phi) is 4.82. The Balaban J connectivity index is 1.39. The van der Waals surface area contributed by atoms with Gasteiger partial charge in [0.15, 0.2) is 11.7 Å². The van der Waals surface area contributed by atoms with Crippen LogP contribution in [-0.4, -0.2) is 47.3 Å². The van der Waals surface area contributed by atoms with Gasteiger partial charge in [-0.05, 0) is 34.5 Å². The lowest BCUT2D eigenvalue weighted by Crippen LogP contribution is -2.34. The van der Waals surface area contributed by atoms with Gasteiger partial charge in [0.25, 0.3) is 0 Å². The number of hydrogen-bond donors (Lipinski definition) is 1. The van der Waals surface area contributed by atoms with Crippen LogP contribution in [0.1, 0.15) is 23.9 Å². The summed E-state index contributed by atoms with van der Waals surface area (Å²) in [5.74, 6) is 0.722. The van der Waals surface area contributed by atoms with Crippen LogP contribution in [0, 0.1) is 0 Å². The van der Waals surface area contributed by atoms with E-state index in [0.717, 1.165) is 23.5 Å². The van der Waals surface area contributed by atoms with Crippen LogP contribution in [0.25, 0.3) is 5.65 Å². The van der Waals surface area contributed by atoms with Gasteiger partial charge in [-0.2, -0.15) is 0 Å². The summed E-state index contributed by atoms with van der Waals surface area (Å²) in [5, 5.41) is 22.5. The number of rotatable bonds is 7. The minimum absolute atomic E-state index is 0.153. The lowest BCUT2D eigenvalue weighted by Gasteiger charge is -2.16. The summed E-state index contributed by atoms with van der Waals surface area (Å²) in [6.07, 6.45) is 4.84. The maximum absolute atomic E-state index is 12.8. The van der Waals surface area contributed by atoms with Gasteiger partial charge in [0, 0.05) is 19.2 Å². The molecule has 1 N–H and O–H groups in total. The number of benzene rings is 1. The second-order valence-corrected chi connectivity index (χ2v) is 6.04. The zero-order valence-electron chi connectivity index (χ0n) is 14.5. The van der Waals surface area contributed by atoms with E-state index in [1.54, 1.807) is 0 Å². The molecule has 0 fully saturated rings. The third-order valence-corrected chi connectivity index (χ3v) is 4.25. The van der Waals surface area contributed by atoms with Crippen molar-refractivity contribution in [2.45, 2.75) is 18.9 Å². The number of hydrogen-bond acceptors (Lipinski definition) is 6. The molecular formula is C18H18N8O. The number of tetrazole rings is 1. The van der Waals surface area contributed by atoms with Gasteiger partial charge in [0.05, 0.1) is 0 Å². The smallest absolute Gasteiger partial charge is 0.249 e. The predicted molar refractivity (Wildman–Crippen MR) is 96.7 cm³/mol. The fraction of sp³-hybridized carbons (Fsp3) is 0.222. The van der Waals surface area contributed by atoms with Crippen molar-refractivity contribution in [3.63, 3.8) is 0 Å². The van der Waals surface area contributed by atoms with E-state index < -0.39 is 6.04 Å². The Labute approximate surface area is 155 Å². The van der Waals surface area contributed by atoms with Crippen molar-refractivity contribution < 1.29 is 4.79 Å². The average molecular weight is 362 g/mol. The molecule has 1 unspecified atom stereocenters. The predicted octanol–water partition coefficient (Wildman–Crippen LogP) is 1.05. The Bertz CT molecular complexity index is 1010. The topological polar surface area (TPSA) is 103 Å². The second-order valence-electron chi connectivity index (χ2n) is 6.04. The standard InChI is InChI=1S/C18H18N8O/c27-18(17(26-13-20-23-24-26)14-7-2-1-3-8-14)19-11-6-10-16-22-21-15-9-4-5-12-25(15)16/h1-5,7-9,12-13,17H,6,10-11H2,(H,19,27). The number of nitrogens with zero attached hydrogens (tertiary/aromatic N) is 7. The summed E-state index contributed by atoms with van der Waals surface area (Å²) in [6, 6.07) is 14.6. The highest BCUT2D eigenvalue weighted by Gasteiger charge is 2.23. The van der Waals surface area contributed by atoms with Crippen molar-refractivity contribution in [1.29, 1.82) is 0 Å². The summed E-state index contributed by atoms with van der Waals surface area (Å²) < 4.78 is 3.41. The highest BCUT2D eigenvalue weighted by atomic mass is 16.2. The molecule has 0 aliphatic carbocycles. The number of nitrogens with one attached hydrogen (secondary N) is 1. The normalized spacial score (nSPS) is 12.1. The molecule has 0 bridgehead atoms. The number of pyridine rings is 1. The fourth-order valence-corrected chi connectivity index (χ4v) is 2.96. The Morgan fingerprint density at radius 3 is 2.74 bits per heavy atom. The van der Waals surface area contributed by atoms with Gasteiger partial charge in [0.2, 0.25) is 5.91 Å². The molecule has 0 saturated carbocycles. The monoisotopic (exact) mass is 362 g/mol. The quantitative estimate of drug-likeness (QED) is 0.493. The fourth-order valence-electron chi connectivity index (χ4n) is 2.96. The van der Waals surface area contributed by atoms with Crippen molar-refractivity contribution in [2.75, 3.05) is 6.54 Å². The van der Waals surface area contributed by atoms with Crippen LogP contribution in [0.2, 0.25) is 0 Å². The largest absolute Gasteiger partial charge is 0.354 e. The van der Waals surface area contributed by atoms with E-state index in [4.69, 9.17) is 0 Å². The van der Waals surface area contributed by atoms with Gasteiger partial charge in [-0.15, -0.1) is 15.3 Å². The second kappa shape index (κ2) is 7.73. The van der Waals surface area contributed by atoms with E-state index in [1.165, 1.54) is 11.0 Å². The van der Waals surface area contributed by atoms with E-state index >= 15 is 0 Å². The Hall–Kier alpha value is -3.62. The molecule has 4 aromatic rings. The maximum atomic E-state index is 12.8. The SMILES string of the molecule is O=C(NCCCc1nnc2ccccn12)C(c1ccccc1)n1cnnn1. The molecule has 1 atom stereocenters. The van der Waals surface area contributed by atoms with Crippen molar-refractivity contribution >= 4 is 11.6 Å². The third-order valence-electron chi connectivity index (χ3n) is 4.25. The van der Waals surface area contributed by atoms with E-state index in [9.17, 15) is 4.79 Å². The molecule has 0 spiro atoms. The van der Waals surface area contributed by atoms with Crippen molar-refractivity contribution in [1.82, 2.24) is 40.1 Å². The number of amides is 1. The number of carbonyl (C=O) groups excluding carboxylic acids is 1. The maximum Gasteiger partial charge on any atom is 0.249 e. The number of aryl methyl sites for hydroxylation is 1. The minimum atomic E-state index is -0.602. The number of aromatic nitrogens is 7. The molecule has 4 rings (SSSR count). The van der Waals surface area contributed by atoms with Gasteiger partial charge in [-0.3, -0.25) is 9.20 Å². The van der Waals surface area contributed by atoms with E-state index in [2.05, 4.69) is 31.0 Å². The molecule has 1 amide bonds. The molecule has 1 aromatic carbocycles. The third kappa shape index (κ3) is 3.66. The van der Waals surface area contributed by atoms with E-state index in [0.29, 0.717) is 13.0 Å². The number of fused-ring (bicyclic) bond motifs is 1. The molecule has 0 radical (unpaired) electrons. The van der Waals surface area contributed by atoms with Gasteiger partial charge in [0.1, 0.15) is 12.2 Å². The van der Waals surface area contributed by atoms with Gasteiger partial charge in [-0.1, -0.05) is 36.4 Å². The highest BCUT2D eigenvalue weighted by molar-refractivity contribution is 5.83. The van der Waals surface area contributed by atoms with Crippen LogP contribution in [-0.2, 0) is 11.2 Å². The van der Waals surface area contributed by atoms with Gasteiger partial charge >= 0.3 is 0 Å². The van der Waals surface area contributed by atoms with Gasteiger partial charge in [-0.25, -0.2) is 4.68 Å². The van der Waals surface area contributed by atoms with Crippen LogP contribution in [0.3, 0.4) is 0 Å². The first-order valence-electron chi connectivity index (χ1n) is 8.67. The minimum Gasteiger partial charge on any atom is -0.354 e. The first-order valence-corrected chi connectivity index (χ1v) is 8.67. The van der Waals surface area contributed by atoms with Crippen LogP contribution in [0.15, 0.2) is 61.1 Å². The molecular weight excluding hydrogens is 344 g/mol. The first kappa shape index (κ1) is 16.8. The van der Waals surface area contributed by atoms with Crippen LogP contribution in [0.4, 0.5) is 0 Å². The van der Waals surface area contributed by atoms with Crippen LogP contribution in [0.5, 0.6) is 0 Å². The molecule has 0 saturated heterocycles. The average Bonchev–Trinajstić information content (AvgIpc) is 3.37. The lowest BCUT2D eigenvalue weighted by atomic mass is 10.1. The summed E-state index contributed by atoms with van der Waals surface area (Å²) in [7, 11) is 0. The Morgan fingerprint density at radius 1 is 1.07 bits per heavy atom. The zero-order valence-corrected chi connectivity index (χ0v) is 14.5. The molecule has 136 valence electrons. The van der Waals surface area contributed by atoms with E-state index in [1.807, 2.05) is 59.1 Å². The summed E-state index contributed by atoms with van der Waals surface area (Å²) in [6.45, 7) is 0.520. The van der Waals surface area contributed by atoms with Crippen molar-refractivity contribution in [3.8, 4) is 0 Å². The summed E-state index contributed by atoms with van der Waals surface area (Å²) in [5.41, 5.74) is 1.64. The highest BCUT2D eigenvalue weighted by Crippen LogP contribution is 2.16. The van der Waals surface area contributed by atoms with Gasteiger partial charge < -0.3 is 5.32 Å². The molecule has 3 aromatic heterocycles. The molecule has 0 aliphatic heterocycles. The Morgan fingerprint density at radius 2 is 1.93 bits per heavy atom. The molecule has 27 heavy (non-hydrogen) atoms. The van der Waals surface area contributed by atoms with Crippen LogP contribution < -0.4 is 5.32 Å². The molecule has 9 heteroatoms. The summed E-state index contributed by atoms with van der Waals surface area (Å²) >= 11 is 0. The van der Waals surface area contributed by atoms with Crippen LogP contribution >= 0.6 is 0 Å².